The summed E-state index contributed by atoms with van der Waals surface area (Å²) >= 11 is 8.01. The number of rotatable bonds is 7. The Balaban J connectivity index is 1.23. The van der Waals surface area contributed by atoms with E-state index in [1.807, 2.05) is 19.2 Å². The number of amides is 2. The molecule has 1 aromatic heterocycles. The number of halogens is 3. The number of H-pyrrole nitrogens is 1. The van der Waals surface area contributed by atoms with Gasteiger partial charge in [0.2, 0.25) is 11.8 Å². The zero-order valence-electron chi connectivity index (χ0n) is 23.4. The molecule has 1 aromatic carbocycles. The summed E-state index contributed by atoms with van der Waals surface area (Å²) in [6.07, 6.45) is 3.86. The van der Waals surface area contributed by atoms with Crippen LogP contribution in [0.5, 0.6) is 11.5 Å². The molecule has 3 aliphatic rings. The molecule has 12 heteroatoms. The van der Waals surface area contributed by atoms with Crippen LogP contribution in [0.2, 0.25) is 5.02 Å². The number of benzene rings is 1. The molecule has 2 fully saturated rings. The molecule has 222 valence electrons. The third-order valence-corrected chi connectivity index (χ3v) is 9.53. The van der Waals surface area contributed by atoms with Gasteiger partial charge in [-0.05, 0) is 57.9 Å². The second-order valence-corrected chi connectivity index (χ2v) is 12.7. The number of aryl methyl sites for hydroxylation is 1. The van der Waals surface area contributed by atoms with Crippen molar-refractivity contribution in [2.24, 2.45) is 11.8 Å². The van der Waals surface area contributed by atoms with Crippen LogP contribution in [0.4, 0.5) is 8.78 Å². The van der Waals surface area contributed by atoms with E-state index in [9.17, 15) is 23.2 Å². The van der Waals surface area contributed by atoms with Crippen molar-refractivity contribution in [2.45, 2.75) is 88.5 Å². The highest BCUT2D eigenvalue weighted by Gasteiger charge is 2.50. The summed E-state index contributed by atoms with van der Waals surface area (Å²) in [4.78, 5) is 41.6. The lowest BCUT2D eigenvalue weighted by molar-refractivity contribution is -0.151. The van der Waals surface area contributed by atoms with Crippen LogP contribution in [0.1, 0.15) is 72.6 Å². The molecule has 41 heavy (non-hydrogen) atoms. The van der Waals surface area contributed by atoms with Crippen LogP contribution in [0, 0.1) is 25.7 Å². The lowest BCUT2D eigenvalue weighted by atomic mass is 9.79. The van der Waals surface area contributed by atoms with Gasteiger partial charge < -0.3 is 25.1 Å². The summed E-state index contributed by atoms with van der Waals surface area (Å²) in [5.74, 6) is -4.26. The quantitative estimate of drug-likeness (QED) is 0.358. The van der Waals surface area contributed by atoms with E-state index in [1.165, 1.54) is 11.8 Å². The number of aromatic nitrogens is 1. The number of hydrogen-bond donors (Lipinski definition) is 3. The monoisotopic (exact) mass is 609 g/mol. The van der Waals surface area contributed by atoms with Gasteiger partial charge in [0.15, 0.2) is 11.5 Å². The van der Waals surface area contributed by atoms with Gasteiger partial charge in [-0.15, -0.1) is 11.8 Å². The van der Waals surface area contributed by atoms with Crippen molar-refractivity contribution in [1.82, 2.24) is 15.6 Å². The van der Waals surface area contributed by atoms with Gasteiger partial charge >= 0.3 is 0 Å². The van der Waals surface area contributed by atoms with Crippen molar-refractivity contribution in [2.75, 3.05) is 6.26 Å². The summed E-state index contributed by atoms with van der Waals surface area (Å²) in [6, 6.07) is 3.34. The number of pyridine rings is 1. The lowest BCUT2D eigenvalue weighted by Gasteiger charge is -2.39. The molecule has 0 radical (unpaired) electrons. The van der Waals surface area contributed by atoms with Crippen LogP contribution < -0.4 is 25.7 Å². The van der Waals surface area contributed by atoms with E-state index in [-0.39, 0.29) is 47.8 Å². The average Bonchev–Trinajstić information content (AvgIpc) is 3.28. The number of nitrogens with one attached hydrogen (secondary N) is 3. The standard InChI is InChI=1S/C29H34ClF2N3O5S/c1-14-9-22(41-4)20(27(38)34-14)13-33-26(37)19-10-21(30)24-23(15(19)2)39-28(3,40-24)17-5-7-18(8-6-17)35-25(36)16-11-29(31,32)12-16/h9-10,16-18H,5-8,11-13H2,1-4H3,(H,33,37)(H,34,38)(H,35,36)/t17-,18+,28-/m1/s1. The fraction of sp³-hybridized carbons (Fsp3) is 0.552. The van der Waals surface area contributed by atoms with Gasteiger partial charge in [0.1, 0.15) is 0 Å². The minimum atomic E-state index is -2.72. The zero-order chi connectivity index (χ0) is 29.7. The molecular formula is C29H34ClF2N3O5S. The van der Waals surface area contributed by atoms with Gasteiger partial charge in [0.05, 0.1) is 5.02 Å². The number of carbonyl (C=O) groups excluding carboxylic acids is 2. The van der Waals surface area contributed by atoms with Gasteiger partial charge in [-0.25, -0.2) is 8.78 Å². The van der Waals surface area contributed by atoms with Crippen LogP contribution >= 0.6 is 23.4 Å². The van der Waals surface area contributed by atoms with Gasteiger partial charge in [0.25, 0.3) is 17.3 Å². The van der Waals surface area contributed by atoms with Crippen LogP contribution in [-0.4, -0.2) is 40.8 Å². The maximum absolute atomic E-state index is 13.2. The third kappa shape index (κ3) is 5.93. The van der Waals surface area contributed by atoms with Crippen molar-refractivity contribution < 1.29 is 27.8 Å². The summed E-state index contributed by atoms with van der Waals surface area (Å²) in [5, 5.41) is 6.01. The molecular weight excluding hydrogens is 576 g/mol. The molecule has 2 amide bonds. The number of thioether (sulfide) groups is 1. The van der Waals surface area contributed by atoms with Gasteiger partial charge in [-0.1, -0.05) is 11.6 Å². The maximum Gasteiger partial charge on any atom is 0.254 e. The van der Waals surface area contributed by atoms with E-state index >= 15 is 0 Å². The molecule has 2 saturated carbocycles. The summed E-state index contributed by atoms with van der Waals surface area (Å²) in [6.45, 7) is 5.47. The summed E-state index contributed by atoms with van der Waals surface area (Å²) < 4.78 is 38.9. The van der Waals surface area contributed by atoms with E-state index in [2.05, 4.69) is 15.6 Å². The topological polar surface area (TPSA) is 110 Å². The first-order chi connectivity index (χ1) is 19.3. The fourth-order valence-electron chi connectivity index (χ4n) is 5.98. The van der Waals surface area contributed by atoms with Crippen LogP contribution in [0.25, 0.3) is 0 Å². The first-order valence-electron chi connectivity index (χ1n) is 13.7. The highest BCUT2D eigenvalue weighted by molar-refractivity contribution is 7.98. The van der Waals surface area contributed by atoms with E-state index in [0.717, 1.165) is 10.6 Å². The Morgan fingerprint density at radius 3 is 2.41 bits per heavy atom. The molecule has 8 nitrogen and oxygen atoms in total. The molecule has 5 rings (SSSR count). The first kappa shape index (κ1) is 29.7. The Bertz CT molecular complexity index is 1430. The smallest absolute Gasteiger partial charge is 0.254 e. The van der Waals surface area contributed by atoms with E-state index in [4.69, 9.17) is 21.1 Å². The number of ether oxygens (including phenoxy) is 2. The Morgan fingerprint density at radius 2 is 1.78 bits per heavy atom. The summed E-state index contributed by atoms with van der Waals surface area (Å²) in [7, 11) is 0. The second-order valence-electron chi connectivity index (χ2n) is 11.4. The predicted octanol–water partition coefficient (Wildman–Crippen LogP) is 5.50. The van der Waals surface area contributed by atoms with E-state index in [1.54, 1.807) is 19.9 Å². The number of alkyl halides is 2. The zero-order valence-corrected chi connectivity index (χ0v) is 25.0. The van der Waals surface area contributed by atoms with Crippen molar-refractivity contribution in [1.29, 1.82) is 0 Å². The molecule has 0 spiro atoms. The Hall–Kier alpha value is -2.79. The number of carbonyl (C=O) groups is 2. The number of aromatic amines is 1. The van der Waals surface area contributed by atoms with Crippen LogP contribution in [0.3, 0.4) is 0 Å². The third-order valence-electron chi connectivity index (χ3n) is 8.44. The number of hydrogen-bond acceptors (Lipinski definition) is 6. The Morgan fingerprint density at radius 1 is 1.12 bits per heavy atom. The highest BCUT2D eigenvalue weighted by atomic mass is 35.5. The Kier molecular flexibility index (Phi) is 8.06. The molecule has 2 aliphatic carbocycles. The molecule has 0 unspecified atom stereocenters. The SMILES string of the molecule is CSc1cc(C)[nH]c(=O)c1CNC(=O)c1cc(Cl)c2c(c1C)O[C@@](C)([C@H]1CC[C@@H](NC(=O)C3CC(F)(F)C3)CC1)O2. The molecule has 0 saturated heterocycles. The molecule has 2 aromatic rings. The van der Waals surface area contributed by atoms with Crippen molar-refractivity contribution >= 4 is 35.2 Å². The van der Waals surface area contributed by atoms with Gasteiger partial charge in [0, 0.05) is 71.5 Å². The largest absolute Gasteiger partial charge is 0.448 e. The second kappa shape index (κ2) is 11.1. The normalized spacial score (nSPS) is 25.0. The fourth-order valence-corrected chi connectivity index (χ4v) is 6.92. The maximum atomic E-state index is 13.2. The van der Waals surface area contributed by atoms with Crippen molar-refractivity contribution in [3.63, 3.8) is 0 Å². The van der Waals surface area contributed by atoms with Gasteiger partial charge in [-0.2, -0.15) is 0 Å². The first-order valence-corrected chi connectivity index (χ1v) is 15.3. The van der Waals surface area contributed by atoms with Crippen molar-refractivity contribution in [3.8, 4) is 11.5 Å². The highest BCUT2D eigenvalue weighted by Crippen LogP contribution is 2.51. The molecule has 2 heterocycles. The minimum Gasteiger partial charge on any atom is -0.448 e. The van der Waals surface area contributed by atoms with Crippen molar-refractivity contribution in [3.05, 3.63) is 49.9 Å². The molecule has 1 aliphatic heterocycles. The van der Waals surface area contributed by atoms with E-state index < -0.39 is 23.5 Å². The summed E-state index contributed by atoms with van der Waals surface area (Å²) in [5.41, 5.74) is 1.88. The minimum absolute atomic E-state index is 0.0120. The van der Waals surface area contributed by atoms with E-state index in [0.29, 0.717) is 53.9 Å². The number of fused-ring (bicyclic) bond motifs is 1. The average molecular weight is 610 g/mol. The molecule has 3 N–H and O–H groups in total. The predicted molar refractivity (Wildman–Crippen MR) is 152 cm³/mol. The van der Waals surface area contributed by atoms with Crippen LogP contribution in [-0.2, 0) is 11.3 Å². The van der Waals surface area contributed by atoms with Gasteiger partial charge in [-0.3, -0.25) is 14.4 Å². The molecule has 0 bridgehead atoms. The van der Waals surface area contributed by atoms with Crippen LogP contribution in [0.15, 0.2) is 21.8 Å². The Labute approximate surface area is 246 Å². The molecule has 1 atom stereocenters. The lowest BCUT2D eigenvalue weighted by Crippen LogP contribution is -2.50.